The largest absolute Gasteiger partial charge is 0.451 e. The number of halogens is 7. The van der Waals surface area contributed by atoms with E-state index >= 15 is 0 Å². The second-order valence-electron chi connectivity index (χ2n) is 5.34. The Kier molecular flexibility index (Phi) is 4.89. The van der Waals surface area contributed by atoms with Gasteiger partial charge in [0.1, 0.15) is 0 Å². The molecule has 0 fully saturated rings. The van der Waals surface area contributed by atoms with Crippen LogP contribution in [0.3, 0.4) is 0 Å². The first-order valence-electron chi connectivity index (χ1n) is 6.04. The Labute approximate surface area is 123 Å². The zero-order valence-electron chi connectivity index (χ0n) is 12.1. The lowest BCUT2D eigenvalue weighted by Gasteiger charge is -2.34. The van der Waals surface area contributed by atoms with Gasteiger partial charge in [-0.05, 0) is 26.6 Å². The maximum Gasteiger partial charge on any atom is 0.451 e. The number of alkyl halides is 6. The normalized spacial score (nSPS) is 24.0. The molecule has 128 valence electrons. The van der Waals surface area contributed by atoms with Crippen LogP contribution in [-0.2, 0) is 0 Å². The lowest BCUT2D eigenvalue weighted by Crippen LogP contribution is -2.43. The monoisotopic (exact) mass is 370 g/mol. The summed E-state index contributed by atoms with van der Waals surface area (Å²) in [6, 6.07) is 0. The van der Waals surface area contributed by atoms with Crippen LogP contribution in [0.15, 0.2) is 14.2 Å². The highest BCUT2D eigenvalue weighted by Gasteiger charge is 2.52. The topological polar surface area (TPSA) is 40.3 Å². The van der Waals surface area contributed by atoms with Gasteiger partial charge in [-0.2, -0.15) is 35.3 Å². The Balaban J connectivity index is 3.68. The van der Waals surface area contributed by atoms with Gasteiger partial charge >= 0.3 is 20.0 Å². The zero-order chi connectivity index (χ0) is 17.6. The molecule has 0 saturated carbocycles. The van der Waals surface area contributed by atoms with Crippen molar-refractivity contribution in [2.24, 2.45) is 14.2 Å². The predicted molar refractivity (Wildman–Crippen MR) is 73.2 cm³/mol. The van der Waals surface area contributed by atoms with Crippen molar-refractivity contribution in [3.63, 3.8) is 0 Å². The smallest absolute Gasteiger partial charge is 0.277 e. The fraction of sp³-hybridized carbons (Fsp3) is 0.778. The van der Waals surface area contributed by atoms with Gasteiger partial charge in [0.25, 0.3) is 0 Å². The van der Waals surface area contributed by atoms with Crippen LogP contribution in [0.25, 0.3) is 0 Å². The minimum atomic E-state index is -5.29. The summed E-state index contributed by atoms with van der Waals surface area (Å²) in [5.41, 5.74) is 0. The summed E-state index contributed by atoms with van der Waals surface area (Å²) >= 11 is 0. The molecule has 1 aliphatic heterocycles. The van der Waals surface area contributed by atoms with Crippen LogP contribution in [0.2, 0.25) is 19.6 Å². The van der Waals surface area contributed by atoms with Crippen molar-refractivity contribution in [1.82, 2.24) is 4.67 Å². The lowest BCUT2D eigenvalue weighted by molar-refractivity contribution is -0.0680. The van der Waals surface area contributed by atoms with E-state index in [1.807, 2.05) is 0 Å². The summed E-state index contributed by atoms with van der Waals surface area (Å²) in [7, 11) is -7.55. The molecule has 0 N–H and O–H groups in total. The first-order valence-corrected chi connectivity index (χ1v) is 11.0. The third kappa shape index (κ3) is 4.31. The quantitative estimate of drug-likeness (QED) is 0.383. The molecule has 1 rings (SSSR count). The van der Waals surface area contributed by atoms with Crippen molar-refractivity contribution >= 4 is 27.6 Å². The molecule has 4 nitrogen and oxygen atoms in total. The average molecular weight is 370 g/mol. The van der Waals surface area contributed by atoms with Gasteiger partial charge in [0.2, 0.25) is 11.7 Å². The molecular weight excluding hydrogens is 356 g/mol. The molecule has 1 atom stereocenters. The van der Waals surface area contributed by atoms with E-state index in [1.54, 1.807) is 0 Å². The van der Waals surface area contributed by atoms with E-state index in [4.69, 9.17) is 0 Å². The maximum atomic E-state index is 14.9. The number of amidine groups is 2. The van der Waals surface area contributed by atoms with Crippen molar-refractivity contribution in [2.75, 3.05) is 6.54 Å². The maximum absolute atomic E-state index is 14.9. The van der Waals surface area contributed by atoms with Gasteiger partial charge in [-0.1, -0.05) is 0 Å². The summed E-state index contributed by atoms with van der Waals surface area (Å²) in [6.07, 6.45) is -10.5. The van der Waals surface area contributed by atoms with E-state index in [-0.39, 0.29) is 4.67 Å². The molecule has 0 aromatic carbocycles. The first kappa shape index (κ1) is 19.1. The molecule has 0 spiro atoms. The zero-order valence-corrected chi connectivity index (χ0v) is 14.0. The third-order valence-electron chi connectivity index (χ3n) is 2.22. The summed E-state index contributed by atoms with van der Waals surface area (Å²) in [4.78, 5) is 2.49. The van der Waals surface area contributed by atoms with Crippen molar-refractivity contribution in [3.05, 3.63) is 0 Å². The first-order chi connectivity index (χ1) is 9.60. The number of rotatable bonds is 2. The minimum absolute atomic E-state index is 0.0977. The van der Waals surface area contributed by atoms with Gasteiger partial charge < -0.3 is 0 Å². The molecule has 1 unspecified atom stereocenters. The Hall–Kier alpha value is -0.903. The summed E-state index contributed by atoms with van der Waals surface area (Å²) in [5.74, 6) is -4.09. The standard InChI is InChI=1S/C9H14F7N4PSi/c1-5-20-7(9(13,14)15)17-6(8(10,11)12)18-21(20,16)19-22(2,3)4/h5H2,1-4H3. The van der Waals surface area contributed by atoms with Gasteiger partial charge in [-0.25, -0.2) is 4.99 Å². The van der Waals surface area contributed by atoms with Gasteiger partial charge in [0.15, 0.2) is 8.24 Å². The highest BCUT2D eigenvalue weighted by molar-refractivity contribution is 7.59. The van der Waals surface area contributed by atoms with Gasteiger partial charge in [-0.15, -0.1) is 0 Å². The summed E-state index contributed by atoms with van der Waals surface area (Å²) < 4.78 is 98.4. The van der Waals surface area contributed by atoms with Crippen molar-refractivity contribution in [2.45, 2.75) is 38.9 Å². The molecule has 0 saturated heterocycles. The van der Waals surface area contributed by atoms with Crippen LogP contribution in [0, 0.1) is 0 Å². The van der Waals surface area contributed by atoms with Crippen molar-refractivity contribution < 1.29 is 30.5 Å². The Bertz CT molecular complexity index is 558. The number of aliphatic imine (C=N–C) groups is 1. The van der Waals surface area contributed by atoms with Crippen LogP contribution >= 0.6 is 7.67 Å². The van der Waals surface area contributed by atoms with Crippen LogP contribution in [0.4, 0.5) is 30.5 Å². The van der Waals surface area contributed by atoms with E-state index in [0.29, 0.717) is 0 Å². The molecule has 1 aliphatic rings. The van der Waals surface area contributed by atoms with Gasteiger partial charge in [-0.3, -0.25) is 9.08 Å². The molecule has 0 bridgehead atoms. The Morgan fingerprint density at radius 3 is 1.91 bits per heavy atom. The summed E-state index contributed by atoms with van der Waals surface area (Å²) in [5, 5.41) is 0. The van der Waals surface area contributed by atoms with Crippen molar-refractivity contribution in [3.8, 4) is 0 Å². The highest BCUT2D eigenvalue weighted by Crippen LogP contribution is 2.61. The minimum Gasteiger partial charge on any atom is -0.277 e. The second-order valence-corrected chi connectivity index (χ2v) is 12.2. The van der Waals surface area contributed by atoms with Gasteiger partial charge in [0, 0.05) is 6.54 Å². The van der Waals surface area contributed by atoms with Crippen LogP contribution in [-0.4, -0.2) is 43.5 Å². The van der Waals surface area contributed by atoms with Crippen LogP contribution < -0.4 is 0 Å². The second kappa shape index (κ2) is 5.62. The SMILES string of the molecule is CCN1C(C(F)(F)F)=NC(C(F)(F)F)=NP1(F)=N[Si](C)(C)C. The predicted octanol–water partition coefficient (Wildman–Crippen LogP) is 4.99. The Morgan fingerprint density at radius 1 is 1.09 bits per heavy atom. The van der Waals surface area contributed by atoms with Gasteiger partial charge in [0.05, 0.1) is 0 Å². The van der Waals surface area contributed by atoms with Crippen molar-refractivity contribution in [1.29, 1.82) is 0 Å². The molecule has 0 amide bonds. The summed E-state index contributed by atoms with van der Waals surface area (Å²) in [6.45, 7) is 5.09. The lowest BCUT2D eigenvalue weighted by atomic mass is 10.5. The Morgan fingerprint density at radius 2 is 1.59 bits per heavy atom. The fourth-order valence-electron chi connectivity index (χ4n) is 1.59. The van der Waals surface area contributed by atoms with Crippen LogP contribution in [0.5, 0.6) is 0 Å². The highest BCUT2D eigenvalue weighted by atomic mass is 31.2. The average Bonchev–Trinajstić information content (AvgIpc) is 2.21. The van der Waals surface area contributed by atoms with E-state index in [9.17, 15) is 30.5 Å². The molecule has 0 radical (unpaired) electrons. The molecule has 0 aliphatic carbocycles. The van der Waals surface area contributed by atoms with E-state index in [1.165, 1.54) is 26.6 Å². The molecule has 0 aromatic heterocycles. The molecule has 0 aromatic rings. The number of nitrogens with zero attached hydrogens (tertiary/aromatic N) is 4. The molecule has 13 heteroatoms. The molecule has 1 heterocycles. The van der Waals surface area contributed by atoms with E-state index in [0.717, 1.165) is 0 Å². The third-order valence-corrected chi connectivity index (χ3v) is 7.17. The number of hydrogen-bond donors (Lipinski definition) is 0. The van der Waals surface area contributed by atoms with Crippen LogP contribution in [0.1, 0.15) is 6.92 Å². The molecular formula is C9H14F7N4PSi. The fourth-order valence-corrected chi connectivity index (χ4v) is 6.52. The van der Waals surface area contributed by atoms with E-state index < -0.39 is 46.5 Å². The van der Waals surface area contributed by atoms with E-state index in [2.05, 4.69) is 14.2 Å². The molecule has 22 heavy (non-hydrogen) atoms. The number of hydrogen-bond acceptors (Lipinski definition) is 2.